The number of aromatic nitrogens is 2. The highest BCUT2D eigenvalue weighted by molar-refractivity contribution is 5.85. The van der Waals surface area contributed by atoms with E-state index in [9.17, 15) is 0 Å². The third-order valence-electron chi connectivity index (χ3n) is 5.54. The van der Waals surface area contributed by atoms with Gasteiger partial charge in [-0.1, -0.05) is 40.7 Å². The number of benzene rings is 2. The van der Waals surface area contributed by atoms with Gasteiger partial charge in [-0.3, -0.25) is 0 Å². The Bertz CT molecular complexity index is 919. The van der Waals surface area contributed by atoms with Crippen molar-refractivity contribution in [3.63, 3.8) is 0 Å². The van der Waals surface area contributed by atoms with E-state index >= 15 is 0 Å². The molecule has 3 rings (SSSR count). The van der Waals surface area contributed by atoms with Gasteiger partial charge in [0.05, 0.1) is 11.0 Å². The van der Waals surface area contributed by atoms with E-state index in [0.29, 0.717) is 5.92 Å². The molecule has 1 heterocycles. The summed E-state index contributed by atoms with van der Waals surface area (Å²) in [6, 6.07) is 8.76. The van der Waals surface area contributed by atoms with Crippen molar-refractivity contribution in [2.24, 2.45) is 0 Å². The largest absolute Gasteiger partial charge is 0.398 e. The van der Waals surface area contributed by atoms with Gasteiger partial charge in [0.1, 0.15) is 5.82 Å². The number of nitrogens with zero attached hydrogens (tertiary/aromatic N) is 1. The summed E-state index contributed by atoms with van der Waals surface area (Å²) in [5.41, 5.74) is 15.6. The third-order valence-corrected chi connectivity index (χ3v) is 5.54. The number of nitrogens with two attached hydrogens (primary N) is 1. The molecule has 3 aromatic rings. The minimum Gasteiger partial charge on any atom is -0.398 e. The van der Waals surface area contributed by atoms with Crippen molar-refractivity contribution in [1.82, 2.24) is 9.97 Å². The van der Waals surface area contributed by atoms with Crippen molar-refractivity contribution in [1.29, 1.82) is 0 Å². The number of imidazole rings is 1. The molecule has 0 saturated carbocycles. The van der Waals surface area contributed by atoms with Crippen molar-refractivity contribution in [3.05, 3.63) is 46.5 Å². The van der Waals surface area contributed by atoms with Crippen LogP contribution in [0.5, 0.6) is 0 Å². The summed E-state index contributed by atoms with van der Waals surface area (Å²) in [6.45, 7) is 15.4. The van der Waals surface area contributed by atoms with Crippen LogP contribution in [0.2, 0.25) is 0 Å². The van der Waals surface area contributed by atoms with Gasteiger partial charge in [0, 0.05) is 11.3 Å². The molecular formula is C23H31N3. The summed E-state index contributed by atoms with van der Waals surface area (Å²) in [6.07, 6.45) is 1.07. The molecule has 3 N–H and O–H groups in total. The first kappa shape index (κ1) is 18.5. The molecule has 0 aliphatic heterocycles. The van der Waals surface area contributed by atoms with Crippen LogP contribution >= 0.6 is 0 Å². The monoisotopic (exact) mass is 349 g/mol. The number of aromatic amines is 1. The predicted octanol–water partition coefficient (Wildman–Crippen LogP) is 6.24. The van der Waals surface area contributed by atoms with E-state index in [1.54, 1.807) is 0 Å². The lowest BCUT2D eigenvalue weighted by Crippen LogP contribution is -2.14. The van der Waals surface area contributed by atoms with Crippen LogP contribution in [0.15, 0.2) is 24.3 Å². The molecule has 1 atom stereocenters. The topological polar surface area (TPSA) is 54.7 Å². The summed E-state index contributed by atoms with van der Waals surface area (Å²) in [7, 11) is 0. The summed E-state index contributed by atoms with van der Waals surface area (Å²) in [5.74, 6) is 1.30. The highest BCUT2D eigenvalue weighted by Crippen LogP contribution is 2.39. The Balaban J connectivity index is 2.26. The van der Waals surface area contributed by atoms with Crippen molar-refractivity contribution >= 4 is 16.7 Å². The fraction of sp³-hybridized carbons (Fsp3) is 0.435. The van der Waals surface area contributed by atoms with Crippen LogP contribution in [-0.4, -0.2) is 9.97 Å². The minimum atomic E-state index is 0.0664. The summed E-state index contributed by atoms with van der Waals surface area (Å²) >= 11 is 0. The van der Waals surface area contributed by atoms with Gasteiger partial charge in [-0.15, -0.1) is 0 Å². The van der Waals surface area contributed by atoms with Gasteiger partial charge in [-0.2, -0.15) is 0 Å². The van der Waals surface area contributed by atoms with Gasteiger partial charge >= 0.3 is 0 Å². The highest BCUT2D eigenvalue weighted by atomic mass is 14.9. The van der Waals surface area contributed by atoms with Crippen LogP contribution in [0.3, 0.4) is 0 Å². The maximum absolute atomic E-state index is 6.57. The first-order valence-electron chi connectivity index (χ1n) is 9.53. The first-order chi connectivity index (χ1) is 12.1. The van der Waals surface area contributed by atoms with Gasteiger partial charge < -0.3 is 10.7 Å². The van der Waals surface area contributed by atoms with E-state index in [4.69, 9.17) is 10.7 Å². The lowest BCUT2D eigenvalue weighted by molar-refractivity contribution is 0.588. The molecule has 0 radical (unpaired) electrons. The third kappa shape index (κ3) is 3.23. The summed E-state index contributed by atoms with van der Waals surface area (Å²) < 4.78 is 0. The minimum absolute atomic E-state index is 0.0664. The highest BCUT2D eigenvalue weighted by Gasteiger charge is 2.22. The number of anilines is 1. The van der Waals surface area contributed by atoms with Gasteiger partial charge in [-0.25, -0.2) is 4.98 Å². The van der Waals surface area contributed by atoms with Crippen LogP contribution in [0.1, 0.15) is 69.2 Å². The van der Waals surface area contributed by atoms with Crippen molar-refractivity contribution in [2.75, 3.05) is 5.73 Å². The second kappa shape index (κ2) is 6.46. The lowest BCUT2D eigenvalue weighted by Gasteiger charge is -2.24. The molecule has 0 aliphatic rings. The Kier molecular flexibility index (Phi) is 4.60. The van der Waals surface area contributed by atoms with E-state index < -0.39 is 0 Å². The Morgan fingerprint density at radius 3 is 2.35 bits per heavy atom. The second-order valence-electron chi connectivity index (χ2n) is 8.63. The van der Waals surface area contributed by atoms with E-state index in [1.165, 1.54) is 22.3 Å². The average Bonchev–Trinajstić information content (AvgIpc) is 2.95. The molecule has 0 aliphatic carbocycles. The van der Waals surface area contributed by atoms with Crippen molar-refractivity contribution in [2.45, 2.75) is 66.2 Å². The fourth-order valence-corrected chi connectivity index (χ4v) is 3.39. The van der Waals surface area contributed by atoms with E-state index in [-0.39, 0.29) is 5.41 Å². The number of nitrogens with one attached hydrogen (secondary N) is 1. The van der Waals surface area contributed by atoms with Crippen molar-refractivity contribution < 1.29 is 0 Å². The smallest absolute Gasteiger partial charge is 0.140 e. The number of rotatable bonds is 3. The van der Waals surface area contributed by atoms with Crippen LogP contribution < -0.4 is 5.73 Å². The van der Waals surface area contributed by atoms with Gasteiger partial charge in [0.2, 0.25) is 0 Å². The number of fused-ring (bicyclic) bond motifs is 1. The SMILES string of the molecule is CCC(C)c1cc(C(C)(C)C)cc(N)c1-c1nc2cc(C)c(C)cc2[nH]1. The molecule has 138 valence electrons. The van der Waals surface area contributed by atoms with Gasteiger partial charge in [-0.05, 0) is 72.1 Å². The molecule has 0 spiro atoms. The normalized spacial score (nSPS) is 13.3. The van der Waals surface area contributed by atoms with Crippen LogP contribution in [0, 0.1) is 13.8 Å². The first-order valence-corrected chi connectivity index (χ1v) is 9.53. The number of hydrogen-bond donors (Lipinski definition) is 2. The summed E-state index contributed by atoms with van der Waals surface area (Å²) in [4.78, 5) is 8.39. The van der Waals surface area contributed by atoms with E-state index in [2.05, 4.69) is 77.7 Å². The predicted molar refractivity (Wildman–Crippen MR) is 113 cm³/mol. The summed E-state index contributed by atoms with van der Waals surface area (Å²) in [5, 5.41) is 0. The average molecular weight is 350 g/mol. The number of aryl methyl sites for hydroxylation is 2. The number of H-pyrrole nitrogens is 1. The van der Waals surface area contributed by atoms with Crippen molar-refractivity contribution in [3.8, 4) is 11.4 Å². The van der Waals surface area contributed by atoms with E-state index in [0.717, 1.165) is 34.5 Å². The molecule has 1 aromatic heterocycles. The zero-order valence-corrected chi connectivity index (χ0v) is 17.1. The molecule has 0 amide bonds. The number of nitrogen functional groups attached to an aromatic ring is 1. The number of hydrogen-bond acceptors (Lipinski definition) is 2. The molecule has 3 heteroatoms. The standard InChI is InChI=1S/C23H31N3/c1-8-13(2)17-11-16(23(5,6)7)12-18(24)21(17)22-25-19-9-14(3)15(4)10-20(19)26-22/h9-13H,8,24H2,1-7H3,(H,25,26). The van der Waals surface area contributed by atoms with Gasteiger partial charge in [0.25, 0.3) is 0 Å². The molecule has 2 aromatic carbocycles. The molecule has 1 unspecified atom stereocenters. The second-order valence-corrected chi connectivity index (χ2v) is 8.63. The zero-order valence-electron chi connectivity index (χ0n) is 17.1. The lowest BCUT2D eigenvalue weighted by atomic mass is 9.81. The molecule has 0 fully saturated rings. The Labute approximate surface area is 157 Å². The quantitative estimate of drug-likeness (QED) is 0.550. The molecule has 0 bridgehead atoms. The maximum Gasteiger partial charge on any atom is 0.140 e. The molecular weight excluding hydrogens is 318 g/mol. The van der Waals surface area contributed by atoms with Crippen LogP contribution in [0.4, 0.5) is 5.69 Å². The Morgan fingerprint density at radius 2 is 1.73 bits per heavy atom. The van der Waals surface area contributed by atoms with Crippen LogP contribution in [-0.2, 0) is 5.41 Å². The molecule has 26 heavy (non-hydrogen) atoms. The maximum atomic E-state index is 6.57. The van der Waals surface area contributed by atoms with Crippen LogP contribution in [0.25, 0.3) is 22.4 Å². The Morgan fingerprint density at radius 1 is 1.08 bits per heavy atom. The zero-order chi connectivity index (χ0) is 19.2. The molecule has 3 nitrogen and oxygen atoms in total. The molecule has 0 saturated heterocycles. The van der Waals surface area contributed by atoms with Gasteiger partial charge in [0.15, 0.2) is 0 Å². The van der Waals surface area contributed by atoms with E-state index in [1.807, 2.05) is 0 Å². The fourth-order valence-electron chi connectivity index (χ4n) is 3.39. The Hall–Kier alpha value is -2.29.